The molecule has 0 saturated heterocycles. The van der Waals surface area contributed by atoms with Crippen LogP contribution in [0, 0.1) is 0 Å². The van der Waals surface area contributed by atoms with Crippen molar-refractivity contribution < 1.29 is 19.5 Å². The zero-order valence-electron chi connectivity index (χ0n) is 13.9. The van der Waals surface area contributed by atoms with Gasteiger partial charge >= 0.3 is 5.97 Å². The van der Waals surface area contributed by atoms with E-state index in [2.05, 4.69) is 26.1 Å². The maximum Gasteiger partial charge on any atom is 0.342 e. The van der Waals surface area contributed by atoms with Crippen molar-refractivity contribution in [2.75, 3.05) is 38.1 Å². The van der Waals surface area contributed by atoms with Gasteiger partial charge in [0, 0.05) is 18.3 Å². The lowest BCUT2D eigenvalue weighted by Gasteiger charge is -2.15. The van der Waals surface area contributed by atoms with Gasteiger partial charge in [0.25, 0.3) is 0 Å². The first-order valence-corrected chi connectivity index (χ1v) is 8.19. The molecule has 0 atom stereocenters. The summed E-state index contributed by atoms with van der Waals surface area (Å²) in [6, 6.07) is 4.97. The highest BCUT2D eigenvalue weighted by molar-refractivity contribution is 5.93. The second-order valence-electron chi connectivity index (χ2n) is 5.36. The Morgan fingerprint density at radius 2 is 2.00 bits per heavy atom. The molecular formula is C17H29N2O3+. The maximum atomic E-state index is 12.0. The molecule has 0 saturated carbocycles. The van der Waals surface area contributed by atoms with Gasteiger partial charge in [-0.25, -0.2) is 4.79 Å². The Labute approximate surface area is 133 Å². The fourth-order valence-corrected chi connectivity index (χ4v) is 2.19. The largest absolute Gasteiger partial charge is 0.507 e. The lowest BCUT2D eigenvalue weighted by atomic mass is 10.2. The van der Waals surface area contributed by atoms with Crippen molar-refractivity contribution in [3.8, 4) is 5.75 Å². The molecule has 0 aliphatic heterocycles. The van der Waals surface area contributed by atoms with Crippen LogP contribution >= 0.6 is 0 Å². The number of ether oxygens (including phenoxy) is 1. The minimum Gasteiger partial charge on any atom is -0.507 e. The van der Waals surface area contributed by atoms with Gasteiger partial charge in [-0.05, 0) is 32.4 Å². The van der Waals surface area contributed by atoms with Gasteiger partial charge in [-0.2, -0.15) is 0 Å². The van der Waals surface area contributed by atoms with Crippen LogP contribution in [0.4, 0.5) is 5.69 Å². The van der Waals surface area contributed by atoms with E-state index in [-0.39, 0.29) is 11.3 Å². The predicted molar refractivity (Wildman–Crippen MR) is 88.7 cm³/mol. The molecule has 5 nitrogen and oxygen atoms in total. The number of hydrogen-bond donors (Lipinski definition) is 3. The molecule has 124 valence electrons. The molecule has 0 aromatic heterocycles. The highest BCUT2D eigenvalue weighted by atomic mass is 16.5. The molecule has 1 rings (SSSR count). The van der Waals surface area contributed by atoms with Gasteiger partial charge in [-0.15, -0.1) is 0 Å². The van der Waals surface area contributed by atoms with Crippen molar-refractivity contribution in [1.29, 1.82) is 0 Å². The molecule has 0 fully saturated rings. The number of benzene rings is 1. The SMILES string of the molecule is CCCCNc1ccc(C(=O)OCC[NH+](CC)CC)c(O)c1. The second-order valence-corrected chi connectivity index (χ2v) is 5.36. The van der Waals surface area contributed by atoms with Gasteiger partial charge < -0.3 is 20.1 Å². The van der Waals surface area contributed by atoms with Crippen LogP contribution in [0.15, 0.2) is 18.2 Å². The van der Waals surface area contributed by atoms with Crippen molar-refractivity contribution in [1.82, 2.24) is 0 Å². The Hall–Kier alpha value is -1.75. The minimum atomic E-state index is -0.468. The number of phenolic OH excluding ortho intramolecular Hbond substituents is 1. The minimum absolute atomic E-state index is 0.0401. The number of esters is 1. The number of carbonyl (C=O) groups excluding carboxylic acids is 1. The highest BCUT2D eigenvalue weighted by Gasteiger charge is 2.14. The molecular weight excluding hydrogens is 280 g/mol. The summed E-state index contributed by atoms with van der Waals surface area (Å²) in [5.41, 5.74) is 1.03. The second kappa shape index (κ2) is 10.1. The average molecular weight is 309 g/mol. The molecule has 3 N–H and O–H groups in total. The van der Waals surface area contributed by atoms with Crippen LogP contribution in [0.2, 0.25) is 0 Å². The number of likely N-dealkylation sites (N-methyl/N-ethyl adjacent to an activating group) is 1. The quantitative estimate of drug-likeness (QED) is 0.455. The summed E-state index contributed by atoms with van der Waals surface area (Å²) >= 11 is 0. The van der Waals surface area contributed by atoms with Crippen molar-refractivity contribution in [2.24, 2.45) is 0 Å². The van der Waals surface area contributed by atoms with E-state index in [1.165, 1.54) is 4.90 Å². The van der Waals surface area contributed by atoms with E-state index in [0.717, 1.165) is 44.7 Å². The van der Waals surface area contributed by atoms with Crippen molar-refractivity contribution in [3.05, 3.63) is 23.8 Å². The smallest absolute Gasteiger partial charge is 0.342 e. The first-order valence-electron chi connectivity index (χ1n) is 8.19. The van der Waals surface area contributed by atoms with Gasteiger partial charge in [0.15, 0.2) is 0 Å². The number of anilines is 1. The van der Waals surface area contributed by atoms with Crippen molar-refractivity contribution in [3.63, 3.8) is 0 Å². The highest BCUT2D eigenvalue weighted by Crippen LogP contribution is 2.22. The summed E-state index contributed by atoms with van der Waals surface area (Å²) in [6.07, 6.45) is 2.18. The van der Waals surface area contributed by atoms with E-state index in [0.29, 0.717) is 6.61 Å². The molecule has 1 aromatic rings. The monoisotopic (exact) mass is 309 g/mol. The zero-order chi connectivity index (χ0) is 16.4. The summed E-state index contributed by atoms with van der Waals surface area (Å²) < 4.78 is 5.24. The average Bonchev–Trinajstić information content (AvgIpc) is 2.52. The molecule has 22 heavy (non-hydrogen) atoms. The lowest BCUT2D eigenvalue weighted by Crippen LogP contribution is -3.11. The predicted octanol–water partition coefficient (Wildman–Crippen LogP) is 1.69. The van der Waals surface area contributed by atoms with E-state index in [4.69, 9.17) is 4.74 Å². The molecule has 0 spiro atoms. The number of carbonyl (C=O) groups is 1. The molecule has 0 bridgehead atoms. The number of phenols is 1. The third-order valence-electron chi connectivity index (χ3n) is 3.77. The van der Waals surface area contributed by atoms with Crippen LogP contribution in [0.25, 0.3) is 0 Å². The van der Waals surface area contributed by atoms with Gasteiger partial charge in [0.05, 0.1) is 13.1 Å². The maximum absolute atomic E-state index is 12.0. The molecule has 0 radical (unpaired) electrons. The fourth-order valence-electron chi connectivity index (χ4n) is 2.19. The Morgan fingerprint density at radius 3 is 2.59 bits per heavy atom. The zero-order valence-corrected chi connectivity index (χ0v) is 13.9. The van der Waals surface area contributed by atoms with Crippen LogP contribution in [-0.4, -0.2) is 43.9 Å². The fraction of sp³-hybridized carbons (Fsp3) is 0.588. The lowest BCUT2D eigenvalue weighted by molar-refractivity contribution is -0.896. The summed E-state index contributed by atoms with van der Waals surface area (Å²) in [7, 11) is 0. The third-order valence-corrected chi connectivity index (χ3v) is 3.77. The molecule has 0 amide bonds. The number of nitrogens with one attached hydrogen (secondary N) is 2. The van der Waals surface area contributed by atoms with Gasteiger partial charge in [0.2, 0.25) is 0 Å². The molecule has 1 aromatic carbocycles. The van der Waals surface area contributed by atoms with Crippen LogP contribution < -0.4 is 10.2 Å². The molecule has 0 aliphatic carbocycles. The Bertz CT molecular complexity index is 459. The summed E-state index contributed by atoms with van der Waals surface area (Å²) in [5.74, 6) is -0.508. The van der Waals surface area contributed by atoms with Crippen LogP contribution in [0.3, 0.4) is 0 Å². The topological polar surface area (TPSA) is 63.0 Å². The van der Waals surface area contributed by atoms with E-state index < -0.39 is 5.97 Å². The number of rotatable bonds is 10. The first kappa shape index (κ1) is 18.3. The Kier molecular flexibility index (Phi) is 8.36. The van der Waals surface area contributed by atoms with Crippen molar-refractivity contribution in [2.45, 2.75) is 33.6 Å². The number of quaternary nitrogens is 1. The summed E-state index contributed by atoms with van der Waals surface area (Å²) in [6.45, 7) is 10.4. The third kappa shape index (κ3) is 5.93. The summed E-state index contributed by atoms with van der Waals surface area (Å²) in [5, 5.41) is 13.2. The van der Waals surface area contributed by atoms with E-state index in [1.54, 1.807) is 18.2 Å². The van der Waals surface area contributed by atoms with E-state index >= 15 is 0 Å². The number of hydrogen-bond acceptors (Lipinski definition) is 4. The Balaban J connectivity index is 2.51. The van der Waals surface area contributed by atoms with Gasteiger partial charge in [0.1, 0.15) is 24.5 Å². The van der Waals surface area contributed by atoms with Crippen LogP contribution in [0.5, 0.6) is 5.75 Å². The van der Waals surface area contributed by atoms with Crippen molar-refractivity contribution >= 4 is 11.7 Å². The molecule has 0 aliphatic rings. The summed E-state index contributed by atoms with van der Waals surface area (Å²) in [4.78, 5) is 13.4. The van der Waals surface area contributed by atoms with Crippen LogP contribution in [0.1, 0.15) is 44.0 Å². The number of unbranched alkanes of at least 4 members (excludes halogenated alkanes) is 1. The normalized spacial score (nSPS) is 10.7. The first-order chi connectivity index (χ1) is 10.6. The number of aromatic hydroxyl groups is 1. The van der Waals surface area contributed by atoms with E-state index in [1.807, 2.05) is 0 Å². The molecule has 0 heterocycles. The van der Waals surface area contributed by atoms with E-state index in [9.17, 15) is 9.90 Å². The standard InChI is InChI=1S/C17H28N2O3/c1-4-7-10-18-14-8-9-15(16(20)13-14)17(21)22-12-11-19(5-2)6-3/h8-9,13,18,20H,4-7,10-12H2,1-3H3/p+1. The van der Waals surface area contributed by atoms with Crippen LogP contribution in [-0.2, 0) is 4.74 Å². The molecule has 0 unspecified atom stereocenters. The van der Waals surface area contributed by atoms with Gasteiger partial charge in [-0.3, -0.25) is 0 Å². The molecule has 5 heteroatoms. The Morgan fingerprint density at radius 1 is 1.27 bits per heavy atom. The van der Waals surface area contributed by atoms with Gasteiger partial charge in [-0.1, -0.05) is 13.3 Å².